The zero-order chi connectivity index (χ0) is 18.5. The Hall–Kier alpha value is -3.48. The van der Waals surface area contributed by atoms with Gasteiger partial charge in [0, 0.05) is 11.3 Å². The number of anilines is 1. The van der Waals surface area contributed by atoms with Crippen molar-refractivity contribution in [2.45, 2.75) is 13.8 Å². The van der Waals surface area contributed by atoms with Crippen molar-refractivity contribution >= 4 is 17.5 Å². The van der Waals surface area contributed by atoms with Crippen molar-refractivity contribution in [3.05, 3.63) is 71.8 Å². The summed E-state index contributed by atoms with van der Waals surface area (Å²) in [7, 11) is 0. The second kappa shape index (κ2) is 7.60. The minimum absolute atomic E-state index is 0.108. The Morgan fingerprint density at radius 1 is 1.00 bits per heavy atom. The van der Waals surface area contributed by atoms with Crippen molar-refractivity contribution in [1.29, 1.82) is 0 Å². The third-order valence-corrected chi connectivity index (χ3v) is 3.74. The summed E-state index contributed by atoms with van der Waals surface area (Å²) in [6.45, 7) is 3.75. The summed E-state index contributed by atoms with van der Waals surface area (Å²) in [5.74, 6) is -0.575. The summed E-state index contributed by atoms with van der Waals surface area (Å²) in [5, 5.41) is 12.9. The maximum atomic E-state index is 12.2. The van der Waals surface area contributed by atoms with E-state index in [9.17, 15) is 9.59 Å². The van der Waals surface area contributed by atoms with Crippen LogP contribution in [0.4, 0.5) is 5.69 Å². The zero-order valence-electron chi connectivity index (χ0n) is 14.6. The molecule has 0 saturated heterocycles. The van der Waals surface area contributed by atoms with E-state index >= 15 is 0 Å². The maximum Gasteiger partial charge on any atom is 0.251 e. The van der Waals surface area contributed by atoms with Gasteiger partial charge in [0.2, 0.25) is 5.91 Å². The zero-order valence-corrected chi connectivity index (χ0v) is 14.6. The SMILES string of the molecule is Cc1cc(C)cc(C(=O)NCC(=O)Nc2cccc(-n3cnnc3)c2)c1. The van der Waals surface area contributed by atoms with Gasteiger partial charge in [0.25, 0.3) is 5.91 Å². The number of aromatic nitrogens is 3. The number of nitrogens with zero attached hydrogens (tertiary/aromatic N) is 3. The van der Waals surface area contributed by atoms with Gasteiger partial charge in [-0.25, -0.2) is 0 Å². The van der Waals surface area contributed by atoms with Crippen LogP contribution in [0.2, 0.25) is 0 Å². The fourth-order valence-corrected chi connectivity index (χ4v) is 2.65. The van der Waals surface area contributed by atoms with E-state index in [1.165, 1.54) is 0 Å². The fraction of sp³-hybridized carbons (Fsp3) is 0.158. The first kappa shape index (κ1) is 17.3. The number of hydrogen-bond acceptors (Lipinski definition) is 4. The minimum atomic E-state index is -0.302. The van der Waals surface area contributed by atoms with Gasteiger partial charge in [0.05, 0.1) is 12.2 Å². The molecule has 0 fully saturated rings. The smallest absolute Gasteiger partial charge is 0.251 e. The first-order chi connectivity index (χ1) is 12.5. The summed E-state index contributed by atoms with van der Waals surface area (Å²) in [6.07, 6.45) is 3.15. The molecule has 1 heterocycles. The van der Waals surface area contributed by atoms with Gasteiger partial charge >= 0.3 is 0 Å². The normalized spacial score (nSPS) is 10.4. The van der Waals surface area contributed by atoms with Crippen molar-refractivity contribution in [2.75, 3.05) is 11.9 Å². The molecule has 0 radical (unpaired) electrons. The lowest BCUT2D eigenvalue weighted by atomic mass is 10.1. The minimum Gasteiger partial charge on any atom is -0.343 e. The van der Waals surface area contributed by atoms with E-state index in [-0.39, 0.29) is 18.4 Å². The molecule has 0 aliphatic carbocycles. The average Bonchev–Trinajstić information content (AvgIpc) is 3.14. The van der Waals surface area contributed by atoms with Crippen LogP contribution in [0.5, 0.6) is 0 Å². The fourth-order valence-electron chi connectivity index (χ4n) is 2.65. The van der Waals surface area contributed by atoms with Crippen LogP contribution in [0.1, 0.15) is 21.5 Å². The molecule has 2 N–H and O–H groups in total. The van der Waals surface area contributed by atoms with Crippen LogP contribution < -0.4 is 10.6 Å². The van der Waals surface area contributed by atoms with Crippen LogP contribution in [0, 0.1) is 13.8 Å². The number of carbonyl (C=O) groups is 2. The van der Waals surface area contributed by atoms with E-state index in [1.54, 1.807) is 41.5 Å². The van der Waals surface area contributed by atoms with Gasteiger partial charge in [-0.05, 0) is 44.2 Å². The number of carbonyl (C=O) groups excluding carboxylic acids is 2. The average molecular weight is 349 g/mol. The van der Waals surface area contributed by atoms with Gasteiger partial charge < -0.3 is 10.6 Å². The molecule has 0 atom stereocenters. The Morgan fingerprint density at radius 2 is 1.69 bits per heavy atom. The summed E-state index contributed by atoms with van der Waals surface area (Å²) in [6, 6.07) is 12.8. The van der Waals surface area contributed by atoms with Gasteiger partial charge in [-0.1, -0.05) is 23.3 Å². The van der Waals surface area contributed by atoms with E-state index in [2.05, 4.69) is 20.8 Å². The monoisotopic (exact) mass is 349 g/mol. The molecule has 0 aliphatic rings. The molecule has 26 heavy (non-hydrogen) atoms. The van der Waals surface area contributed by atoms with Gasteiger partial charge in [0.1, 0.15) is 12.7 Å². The van der Waals surface area contributed by atoms with Gasteiger partial charge in [-0.2, -0.15) is 0 Å². The highest BCUT2D eigenvalue weighted by Gasteiger charge is 2.09. The summed E-state index contributed by atoms with van der Waals surface area (Å²) >= 11 is 0. The lowest BCUT2D eigenvalue weighted by molar-refractivity contribution is -0.115. The van der Waals surface area contributed by atoms with Crippen LogP contribution >= 0.6 is 0 Å². The Kier molecular flexibility index (Phi) is 5.07. The highest BCUT2D eigenvalue weighted by atomic mass is 16.2. The van der Waals surface area contributed by atoms with Crippen LogP contribution in [-0.2, 0) is 4.79 Å². The number of aryl methyl sites for hydroxylation is 2. The summed E-state index contributed by atoms with van der Waals surface area (Å²) in [5.41, 5.74) is 4.01. The third kappa shape index (κ3) is 4.32. The molecule has 1 aromatic heterocycles. The van der Waals surface area contributed by atoms with E-state index in [0.717, 1.165) is 16.8 Å². The molecule has 3 rings (SSSR count). The quantitative estimate of drug-likeness (QED) is 0.739. The molecule has 0 saturated carbocycles. The molecule has 132 valence electrons. The predicted octanol–water partition coefficient (Wildman–Crippen LogP) is 2.25. The molecule has 7 heteroatoms. The second-order valence-electron chi connectivity index (χ2n) is 6.03. The highest BCUT2D eigenvalue weighted by Crippen LogP contribution is 2.14. The highest BCUT2D eigenvalue weighted by molar-refractivity contribution is 5.99. The van der Waals surface area contributed by atoms with Crippen LogP contribution in [-0.4, -0.2) is 33.1 Å². The molecule has 2 aromatic carbocycles. The van der Waals surface area contributed by atoms with E-state index in [4.69, 9.17) is 0 Å². The number of nitrogens with one attached hydrogen (secondary N) is 2. The number of benzene rings is 2. The standard InChI is InChI=1S/C19H19N5O2/c1-13-6-14(2)8-15(7-13)19(26)20-10-18(25)23-16-4-3-5-17(9-16)24-11-21-22-12-24/h3-9,11-12H,10H2,1-2H3,(H,20,26)(H,23,25). The molecule has 0 unspecified atom stereocenters. The third-order valence-electron chi connectivity index (χ3n) is 3.74. The molecule has 0 bridgehead atoms. The summed E-state index contributed by atoms with van der Waals surface area (Å²) in [4.78, 5) is 24.3. The lowest BCUT2D eigenvalue weighted by Gasteiger charge is -2.09. The Morgan fingerprint density at radius 3 is 2.38 bits per heavy atom. The van der Waals surface area contributed by atoms with Gasteiger partial charge in [0.15, 0.2) is 0 Å². The van der Waals surface area contributed by atoms with Crippen LogP contribution in [0.25, 0.3) is 5.69 Å². The van der Waals surface area contributed by atoms with Crippen LogP contribution in [0.3, 0.4) is 0 Å². The van der Waals surface area contributed by atoms with Crippen molar-refractivity contribution in [3.63, 3.8) is 0 Å². The molecule has 0 aliphatic heterocycles. The predicted molar refractivity (Wildman–Crippen MR) is 98.2 cm³/mol. The van der Waals surface area contributed by atoms with E-state index < -0.39 is 0 Å². The molecular weight excluding hydrogens is 330 g/mol. The Balaban J connectivity index is 1.59. The van der Waals surface area contributed by atoms with Gasteiger partial charge in [-0.3, -0.25) is 14.2 Å². The number of rotatable bonds is 5. The topological polar surface area (TPSA) is 88.9 Å². The Labute approximate surface area is 151 Å². The summed E-state index contributed by atoms with van der Waals surface area (Å²) < 4.78 is 1.73. The largest absolute Gasteiger partial charge is 0.343 e. The molecule has 7 nitrogen and oxygen atoms in total. The van der Waals surface area contributed by atoms with Gasteiger partial charge in [-0.15, -0.1) is 10.2 Å². The first-order valence-electron chi connectivity index (χ1n) is 8.13. The maximum absolute atomic E-state index is 12.2. The van der Waals surface area contributed by atoms with Crippen LogP contribution in [0.15, 0.2) is 55.1 Å². The lowest BCUT2D eigenvalue weighted by Crippen LogP contribution is -2.32. The van der Waals surface area contributed by atoms with Crippen molar-refractivity contribution in [3.8, 4) is 5.69 Å². The van der Waals surface area contributed by atoms with Crippen molar-refractivity contribution < 1.29 is 9.59 Å². The number of hydrogen-bond donors (Lipinski definition) is 2. The van der Waals surface area contributed by atoms with Crippen molar-refractivity contribution in [1.82, 2.24) is 20.1 Å². The van der Waals surface area contributed by atoms with E-state index in [1.807, 2.05) is 32.0 Å². The molecule has 2 amide bonds. The molecule has 3 aromatic rings. The first-order valence-corrected chi connectivity index (χ1v) is 8.13. The number of amides is 2. The molecule has 0 spiro atoms. The second-order valence-corrected chi connectivity index (χ2v) is 6.03. The van der Waals surface area contributed by atoms with E-state index in [0.29, 0.717) is 11.3 Å². The molecular formula is C19H19N5O2. The van der Waals surface area contributed by atoms with Crippen molar-refractivity contribution in [2.24, 2.45) is 0 Å². The Bertz CT molecular complexity index is 915.